The standard InChI is InChI=1S/C37H49N3O8Si2/c1-24(2)49(25(3)4)46-33-32-30(21-43-37(23-39,45-32)29-17-13-10-14-18-29)36(42,22-38)35(34(33)47-50(48-49,26(5)6)27(7)8)19-31(41)40(35)44-20-28-15-11-9-12-16-28/h9-18,24-27,30,32-34,42H,19-21H2,1-8H3/t30?,32?,33?,34-,35?,36-,37+/m1/s1. The molecule has 1 aliphatic carbocycles. The van der Waals surface area contributed by atoms with Crippen LogP contribution in [0, 0.1) is 28.6 Å². The molecule has 0 aromatic heterocycles. The van der Waals surface area contributed by atoms with E-state index in [1.54, 1.807) is 24.3 Å². The largest absolute Gasteiger partial charge is 0.414 e. The smallest absolute Gasteiger partial charge is 0.335 e. The first-order valence-electron chi connectivity index (χ1n) is 17.7. The third kappa shape index (κ3) is 5.25. The third-order valence-corrected chi connectivity index (χ3v) is 21.6. The molecule has 7 atom stereocenters. The first-order valence-corrected chi connectivity index (χ1v) is 21.6. The fourth-order valence-corrected chi connectivity index (χ4v) is 19.9. The zero-order valence-electron chi connectivity index (χ0n) is 30.2. The number of carbonyl (C=O) groups is 1. The number of aliphatic hydroxyl groups is 1. The van der Waals surface area contributed by atoms with Gasteiger partial charge in [-0.3, -0.25) is 9.63 Å². The zero-order chi connectivity index (χ0) is 36.3. The molecule has 3 aliphatic heterocycles. The van der Waals surface area contributed by atoms with Crippen molar-refractivity contribution < 1.29 is 37.2 Å². The van der Waals surface area contributed by atoms with E-state index in [4.69, 9.17) is 27.3 Å². The highest BCUT2D eigenvalue weighted by Crippen LogP contribution is 2.61. The molecule has 0 radical (unpaired) electrons. The molecule has 1 amide bonds. The molecule has 1 N–H and O–H groups in total. The average molecular weight is 720 g/mol. The van der Waals surface area contributed by atoms with Crippen LogP contribution in [0.15, 0.2) is 60.7 Å². The molecule has 13 heteroatoms. The van der Waals surface area contributed by atoms with E-state index in [2.05, 4.69) is 67.5 Å². The van der Waals surface area contributed by atoms with Gasteiger partial charge < -0.3 is 27.5 Å². The summed E-state index contributed by atoms with van der Waals surface area (Å²) in [5, 5.41) is 35.9. The molecule has 4 unspecified atom stereocenters. The van der Waals surface area contributed by atoms with E-state index in [9.17, 15) is 20.4 Å². The van der Waals surface area contributed by atoms with Crippen LogP contribution < -0.4 is 0 Å². The van der Waals surface area contributed by atoms with Gasteiger partial charge in [-0.25, -0.2) is 5.06 Å². The summed E-state index contributed by atoms with van der Waals surface area (Å²) in [7, 11) is -6.60. The minimum Gasteiger partial charge on any atom is -0.414 e. The van der Waals surface area contributed by atoms with Crippen molar-refractivity contribution in [2.24, 2.45) is 5.92 Å². The lowest BCUT2D eigenvalue weighted by Gasteiger charge is -2.67. The van der Waals surface area contributed by atoms with Crippen molar-refractivity contribution in [1.82, 2.24) is 5.06 Å². The summed E-state index contributed by atoms with van der Waals surface area (Å²) in [5.41, 5.74) is -2.97. The molecule has 3 heterocycles. The maximum Gasteiger partial charge on any atom is 0.335 e. The highest BCUT2D eigenvalue weighted by molar-refractivity contribution is 6.84. The summed E-state index contributed by atoms with van der Waals surface area (Å²) < 4.78 is 35.4. The van der Waals surface area contributed by atoms with Crippen molar-refractivity contribution in [2.45, 2.75) is 126 Å². The second-order valence-corrected chi connectivity index (χ2v) is 24.1. The van der Waals surface area contributed by atoms with Gasteiger partial charge in [0, 0.05) is 5.56 Å². The minimum absolute atomic E-state index is 0.0187. The Morgan fingerprint density at radius 2 is 1.42 bits per heavy atom. The number of carbonyl (C=O) groups excluding carboxylic acids is 1. The van der Waals surface area contributed by atoms with E-state index >= 15 is 0 Å². The molecular formula is C37H49N3O8Si2. The summed E-state index contributed by atoms with van der Waals surface area (Å²) in [5.74, 6) is -3.31. The topological polar surface area (TPSA) is 143 Å². The molecule has 11 nitrogen and oxygen atoms in total. The summed E-state index contributed by atoms with van der Waals surface area (Å²) in [6.07, 6.45) is -3.38. The Balaban J connectivity index is 1.59. The molecule has 1 saturated carbocycles. The van der Waals surface area contributed by atoms with Gasteiger partial charge in [0.05, 0.1) is 25.0 Å². The van der Waals surface area contributed by atoms with Crippen LogP contribution in [0.2, 0.25) is 22.2 Å². The molecule has 3 saturated heterocycles. The van der Waals surface area contributed by atoms with Crippen molar-refractivity contribution >= 4 is 23.0 Å². The number of nitriles is 2. The predicted octanol–water partition coefficient (Wildman–Crippen LogP) is 6.09. The molecule has 6 rings (SSSR count). The zero-order valence-corrected chi connectivity index (χ0v) is 32.2. The van der Waals surface area contributed by atoms with Crippen molar-refractivity contribution in [2.75, 3.05) is 6.61 Å². The molecular weight excluding hydrogens is 671 g/mol. The van der Waals surface area contributed by atoms with Gasteiger partial charge in [0.1, 0.15) is 36.5 Å². The first kappa shape index (κ1) is 36.8. The highest BCUT2D eigenvalue weighted by Gasteiger charge is 2.81. The van der Waals surface area contributed by atoms with Crippen LogP contribution in [-0.4, -0.2) is 69.3 Å². The molecule has 0 bridgehead atoms. The quantitative estimate of drug-likeness (QED) is 0.193. The van der Waals surface area contributed by atoms with Crippen LogP contribution >= 0.6 is 0 Å². The molecule has 268 valence electrons. The number of rotatable bonds is 8. The Morgan fingerprint density at radius 3 is 1.94 bits per heavy atom. The summed E-state index contributed by atoms with van der Waals surface area (Å²) >= 11 is 0. The SMILES string of the molecule is CC(C)[Si]1(C(C)C)OC2C3O[C@@](C#N)(c4ccccc4)OCC3[C@](O)(C#N)C3(CC(=O)N3OCc3ccccc3)[C@@H]2O[Si](C(C)C)(C(C)C)O1. The molecule has 1 spiro atoms. The summed E-state index contributed by atoms with van der Waals surface area (Å²) in [4.78, 5) is 20.0. The Labute approximate surface area is 297 Å². The van der Waals surface area contributed by atoms with Gasteiger partial charge in [0.25, 0.3) is 5.79 Å². The molecule has 2 aromatic carbocycles. The number of ether oxygens (including phenoxy) is 2. The fraction of sp³-hybridized carbons (Fsp3) is 0.595. The van der Waals surface area contributed by atoms with Crippen molar-refractivity contribution in [3.05, 3.63) is 71.8 Å². The van der Waals surface area contributed by atoms with Gasteiger partial charge in [-0.15, -0.1) is 0 Å². The Kier molecular flexibility index (Phi) is 9.74. The Morgan fingerprint density at radius 1 is 0.860 bits per heavy atom. The minimum atomic E-state index is -3.34. The fourth-order valence-electron chi connectivity index (χ4n) is 8.62. The first-order chi connectivity index (χ1) is 23.7. The lowest BCUT2D eigenvalue weighted by molar-refractivity contribution is -0.389. The van der Waals surface area contributed by atoms with E-state index in [0.717, 1.165) is 10.6 Å². The van der Waals surface area contributed by atoms with Gasteiger partial charge in [0.2, 0.25) is 5.91 Å². The predicted molar refractivity (Wildman–Crippen MR) is 187 cm³/mol. The molecule has 2 aromatic rings. The van der Waals surface area contributed by atoms with E-state index in [0.29, 0.717) is 5.56 Å². The normalized spacial score (nSPS) is 34.5. The van der Waals surface area contributed by atoms with Crippen LogP contribution in [0.1, 0.15) is 72.9 Å². The second-order valence-electron chi connectivity index (χ2n) is 15.3. The van der Waals surface area contributed by atoms with E-state index in [-0.39, 0.29) is 41.8 Å². The number of hydrogen-bond donors (Lipinski definition) is 1. The van der Waals surface area contributed by atoms with Crippen molar-refractivity contribution in [3.8, 4) is 12.1 Å². The van der Waals surface area contributed by atoms with Crippen molar-refractivity contribution in [3.63, 3.8) is 0 Å². The molecule has 50 heavy (non-hydrogen) atoms. The number of benzene rings is 2. The van der Waals surface area contributed by atoms with E-state index < -0.39 is 64.2 Å². The van der Waals surface area contributed by atoms with Crippen LogP contribution in [0.25, 0.3) is 0 Å². The maximum absolute atomic E-state index is 13.7. The highest BCUT2D eigenvalue weighted by atomic mass is 28.5. The Hall–Kier alpha value is -2.96. The number of amides is 1. The van der Waals surface area contributed by atoms with Crippen LogP contribution in [0.5, 0.6) is 0 Å². The number of nitrogens with zero attached hydrogens (tertiary/aromatic N) is 3. The monoisotopic (exact) mass is 719 g/mol. The second kappa shape index (κ2) is 13.2. The number of hydroxylamine groups is 2. The lowest BCUT2D eigenvalue weighted by atomic mass is 9.55. The van der Waals surface area contributed by atoms with Crippen LogP contribution in [0.3, 0.4) is 0 Å². The van der Waals surface area contributed by atoms with Gasteiger partial charge in [-0.05, 0) is 27.7 Å². The third-order valence-electron chi connectivity index (χ3n) is 11.3. The number of β-lactam (4-membered cyclic amide) rings is 1. The van der Waals surface area contributed by atoms with Crippen molar-refractivity contribution in [1.29, 1.82) is 10.5 Å². The average Bonchev–Trinajstić information content (AvgIpc) is 3.28. The van der Waals surface area contributed by atoms with Crippen LogP contribution in [-0.2, 0) is 44.5 Å². The Bertz CT molecular complexity index is 1630. The molecule has 4 aliphatic rings. The maximum atomic E-state index is 13.7. The number of hydrogen-bond acceptors (Lipinski definition) is 10. The van der Waals surface area contributed by atoms with Crippen LogP contribution in [0.4, 0.5) is 0 Å². The molecule has 4 fully saturated rings. The van der Waals surface area contributed by atoms with Gasteiger partial charge in [-0.2, -0.15) is 10.5 Å². The lowest BCUT2D eigenvalue weighted by Crippen LogP contribution is -2.88. The summed E-state index contributed by atoms with van der Waals surface area (Å²) in [6, 6.07) is 22.7. The number of fused-ring (bicyclic) bond motifs is 4. The van der Waals surface area contributed by atoms with E-state index in [1.807, 2.05) is 36.4 Å². The van der Waals surface area contributed by atoms with Gasteiger partial charge in [-0.1, -0.05) is 116 Å². The van der Waals surface area contributed by atoms with E-state index in [1.165, 1.54) is 0 Å². The van der Waals surface area contributed by atoms with Gasteiger partial charge in [0.15, 0.2) is 5.60 Å². The summed E-state index contributed by atoms with van der Waals surface area (Å²) in [6.45, 7) is 16.5. The van der Waals surface area contributed by atoms with Gasteiger partial charge >= 0.3 is 17.1 Å².